The molecule has 42 heavy (non-hydrogen) atoms. The number of carbonyl (C=O) groups is 1. The lowest BCUT2D eigenvalue weighted by atomic mass is 9.91. The van der Waals surface area contributed by atoms with E-state index in [1.807, 2.05) is 38.1 Å². The third-order valence-corrected chi connectivity index (χ3v) is 8.93. The molecule has 2 unspecified atom stereocenters. The van der Waals surface area contributed by atoms with Crippen LogP contribution in [0.1, 0.15) is 47.2 Å². The summed E-state index contributed by atoms with van der Waals surface area (Å²) in [6.45, 7) is 3.92. The van der Waals surface area contributed by atoms with Crippen LogP contribution in [0, 0.1) is 13.8 Å². The maximum absolute atomic E-state index is 13.6. The van der Waals surface area contributed by atoms with Crippen LogP contribution < -0.4 is 25.8 Å². The van der Waals surface area contributed by atoms with Gasteiger partial charge in [0.15, 0.2) is 0 Å². The standard InChI is InChI=1S/C31H32N6O4S/c1-18-6-3-7-19(2)29(18)27-17-28-36-31(35-27)37-42(39,40)24-11-5-10-22(15-24)34-30(38)25-16-23(41-28)12-13-26(25)33-21-9-4-8-20(32)14-21/h3,5-7,10-13,15-17,20-21,33H,4,8-9,14,32H2,1-2H3,(H,34,38)(H,35,36,37). The van der Waals surface area contributed by atoms with Gasteiger partial charge in [-0.1, -0.05) is 24.3 Å². The molecule has 1 aliphatic heterocycles. The molecule has 0 saturated heterocycles. The average molecular weight is 585 g/mol. The van der Waals surface area contributed by atoms with Crippen molar-refractivity contribution in [3.63, 3.8) is 0 Å². The molecule has 10 nitrogen and oxygen atoms in total. The van der Waals surface area contributed by atoms with Crippen molar-refractivity contribution in [2.75, 3.05) is 15.4 Å². The predicted octanol–water partition coefficient (Wildman–Crippen LogP) is 5.60. The number of anilines is 3. The zero-order chi connectivity index (χ0) is 29.4. The summed E-state index contributed by atoms with van der Waals surface area (Å²) in [5.74, 6) is -0.0701. The van der Waals surface area contributed by atoms with Gasteiger partial charge in [0.1, 0.15) is 5.75 Å². The number of nitrogens with zero attached hydrogens (tertiary/aromatic N) is 2. The highest BCUT2D eigenvalue weighted by atomic mass is 32.2. The highest BCUT2D eigenvalue weighted by Crippen LogP contribution is 2.34. The van der Waals surface area contributed by atoms with Crippen LogP contribution in [-0.4, -0.2) is 36.4 Å². The summed E-state index contributed by atoms with van der Waals surface area (Å²) in [4.78, 5) is 22.5. The van der Waals surface area contributed by atoms with E-state index in [4.69, 9.17) is 10.5 Å². The molecule has 0 radical (unpaired) electrons. The topological polar surface area (TPSA) is 148 Å². The molecule has 1 amide bonds. The highest BCUT2D eigenvalue weighted by molar-refractivity contribution is 7.92. The van der Waals surface area contributed by atoms with Crippen LogP contribution in [0.3, 0.4) is 0 Å². The van der Waals surface area contributed by atoms with Crippen LogP contribution in [0.25, 0.3) is 11.3 Å². The lowest BCUT2D eigenvalue weighted by molar-refractivity contribution is 0.102. The van der Waals surface area contributed by atoms with Crippen LogP contribution in [0.4, 0.5) is 17.3 Å². The Balaban J connectivity index is 1.49. The summed E-state index contributed by atoms with van der Waals surface area (Å²) in [5.41, 5.74) is 10.8. The second-order valence-corrected chi connectivity index (χ2v) is 12.5. The molecule has 4 aromatic rings. The molecule has 11 heteroatoms. The van der Waals surface area contributed by atoms with Crippen LogP contribution in [0.15, 0.2) is 71.6 Å². The fourth-order valence-corrected chi connectivity index (χ4v) is 6.58. The molecule has 1 saturated carbocycles. The van der Waals surface area contributed by atoms with Gasteiger partial charge in [-0.2, -0.15) is 4.98 Å². The Morgan fingerprint density at radius 1 is 0.976 bits per heavy atom. The molecule has 2 aliphatic rings. The number of fused-ring (bicyclic) bond motifs is 6. The van der Waals surface area contributed by atoms with Crippen molar-refractivity contribution in [2.24, 2.45) is 5.73 Å². The first-order valence-corrected chi connectivity index (χ1v) is 15.4. The lowest BCUT2D eigenvalue weighted by Crippen LogP contribution is -2.35. The van der Waals surface area contributed by atoms with Crippen molar-refractivity contribution in [2.45, 2.75) is 56.5 Å². The SMILES string of the molecule is Cc1cccc(C)c1-c1cc2nc(n1)NS(=O)(=O)c1cccc(c1)NC(=O)c1cc(ccc1NC1CCCC(N)C1)O2. The van der Waals surface area contributed by atoms with Gasteiger partial charge in [-0.15, -0.1) is 0 Å². The first-order valence-electron chi connectivity index (χ1n) is 13.9. The van der Waals surface area contributed by atoms with Crippen molar-refractivity contribution in [1.82, 2.24) is 9.97 Å². The lowest BCUT2D eigenvalue weighted by Gasteiger charge is -2.29. The van der Waals surface area contributed by atoms with Crippen LogP contribution in [0.2, 0.25) is 0 Å². The number of carbonyl (C=O) groups excluding carboxylic acids is 1. The zero-order valence-corrected chi connectivity index (χ0v) is 24.2. The van der Waals surface area contributed by atoms with E-state index in [0.29, 0.717) is 28.4 Å². The van der Waals surface area contributed by atoms with Gasteiger partial charge in [0.2, 0.25) is 11.8 Å². The number of rotatable bonds is 3. The zero-order valence-electron chi connectivity index (χ0n) is 23.3. The summed E-state index contributed by atoms with van der Waals surface area (Å²) in [6.07, 6.45) is 3.74. The Hall–Kier alpha value is -4.48. The van der Waals surface area contributed by atoms with Gasteiger partial charge < -0.3 is 21.1 Å². The van der Waals surface area contributed by atoms with Gasteiger partial charge >= 0.3 is 0 Å². The largest absolute Gasteiger partial charge is 0.439 e. The number of benzene rings is 3. The minimum Gasteiger partial charge on any atom is -0.439 e. The molecule has 6 rings (SSSR count). The van der Waals surface area contributed by atoms with E-state index in [1.54, 1.807) is 30.3 Å². The quantitative estimate of drug-likeness (QED) is 0.243. The Labute approximate surface area is 244 Å². The number of ether oxygens (including phenoxy) is 1. The second-order valence-electron chi connectivity index (χ2n) is 10.8. The first kappa shape index (κ1) is 27.7. The first-order chi connectivity index (χ1) is 20.1. The molecule has 2 atom stereocenters. The number of aromatic nitrogens is 2. The maximum Gasteiger partial charge on any atom is 0.264 e. The summed E-state index contributed by atoms with van der Waals surface area (Å²) in [5, 5.41) is 6.33. The fraction of sp³-hybridized carbons (Fsp3) is 0.258. The molecule has 1 fully saturated rings. The minimum atomic E-state index is -4.10. The minimum absolute atomic E-state index is 0.0517. The van der Waals surface area contributed by atoms with Gasteiger partial charge in [-0.05, 0) is 87.1 Å². The van der Waals surface area contributed by atoms with Crippen molar-refractivity contribution < 1.29 is 17.9 Å². The average Bonchev–Trinajstić information content (AvgIpc) is 2.93. The third-order valence-electron chi connectivity index (χ3n) is 7.60. The summed E-state index contributed by atoms with van der Waals surface area (Å²) < 4.78 is 35.5. The van der Waals surface area contributed by atoms with E-state index in [1.165, 1.54) is 12.1 Å². The van der Waals surface area contributed by atoms with Gasteiger partial charge in [0.25, 0.3) is 15.9 Å². The maximum atomic E-state index is 13.6. The molecular formula is C31H32N6O4S. The number of aryl methyl sites for hydroxylation is 2. The van der Waals surface area contributed by atoms with E-state index in [2.05, 4.69) is 25.3 Å². The van der Waals surface area contributed by atoms with E-state index < -0.39 is 15.9 Å². The Kier molecular flexibility index (Phi) is 7.29. The molecule has 3 aromatic carbocycles. The monoisotopic (exact) mass is 584 g/mol. The van der Waals surface area contributed by atoms with E-state index in [9.17, 15) is 13.2 Å². The summed E-state index contributed by atoms with van der Waals surface area (Å²) in [6, 6.07) is 19.0. The number of hydrogen-bond donors (Lipinski definition) is 4. The van der Waals surface area contributed by atoms with Gasteiger partial charge in [-0.25, -0.2) is 18.1 Å². The molecule has 5 N–H and O–H groups in total. The molecule has 0 spiro atoms. The smallest absolute Gasteiger partial charge is 0.264 e. The van der Waals surface area contributed by atoms with Crippen molar-refractivity contribution in [1.29, 1.82) is 0 Å². The summed E-state index contributed by atoms with van der Waals surface area (Å²) >= 11 is 0. The van der Waals surface area contributed by atoms with Gasteiger partial charge in [-0.3, -0.25) is 4.79 Å². The van der Waals surface area contributed by atoms with Crippen molar-refractivity contribution >= 4 is 33.3 Å². The molecule has 216 valence electrons. The third kappa shape index (κ3) is 5.79. The number of nitrogens with one attached hydrogen (secondary N) is 3. The Bertz CT molecular complexity index is 1770. The second kappa shape index (κ2) is 11.1. The van der Waals surface area contributed by atoms with Crippen LogP contribution in [-0.2, 0) is 10.0 Å². The van der Waals surface area contributed by atoms with Gasteiger partial charge in [0, 0.05) is 35.1 Å². The summed E-state index contributed by atoms with van der Waals surface area (Å²) in [7, 11) is -4.10. The number of sulfonamides is 1. The van der Waals surface area contributed by atoms with Crippen LogP contribution in [0.5, 0.6) is 11.6 Å². The normalized spacial score (nSPS) is 19.5. The highest BCUT2D eigenvalue weighted by Gasteiger charge is 2.24. The number of nitrogens with two attached hydrogens (primary N) is 1. The van der Waals surface area contributed by atoms with E-state index in [-0.39, 0.29) is 28.8 Å². The van der Waals surface area contributed by atoms with Crippen molar-refractivity contribution in [3.8, 4) is 22.9 Å². The number of amides is 1. The van der Waals surface area contributed by atoms with Gasteiger partial charge in [0.05, 0.1) is 16.2 Å². The number of hydrogen-bond acceptors (Lipinski definition) is 8. The van der Waals surface area contributed by atoms with Crippen LogP contribution >= 0.6 is 0 Å². The van der Waals surface area contributed by atoms with E-state index in [0.717, 1.165) is 42.4 Å². The molecule has 1 aliphatic carbocycles. The Morgan fingerprint density at radius 3 is 2.55 bits per heavy atom. The van der Waals surface area contributed by atoms with Crippen molar-refractivity contribution in [3.05, 3.63) is 83.4 Å². The fourth-order valence-electron chi connectivity index (χ4n) is 5.59. The molecule has 6 bridgehead atoms. The molecule has 2 heterocycles. The predicted molar refractivity (Wildman–Crippen MR) is 163 cm³/mol. The van der Waals surface area contributed by atoms with E-state index >= 15 is 0 Å². The Morgan fingerprint density at radius 2 is 1.76 bits per heavy atom. The molecule has 1 aromatic heterocycles. The molecular weight excluding hydrogens is 552 g/mol.